The maximum atomic E-state index is 8.91. The Bertz CT molecular complexity index is 614. The predicted molar refractivity (Wildman–Crippen MR) is 70.2 cm³/mol. The molecule has 0 amide bonds. The highest BCUT2D eigenvalue weighted by atomic mass is 15.1. The summed E-state index contributed by atoms with van der Waals surface area (Å²) < 4.78 is 2.14. The number of rotatable bonds is 2. The molecule has 0 aliphatic carbocycles. The lowest BCUT2D eigenvalue weighted by molar-refractivity contribution is 0.575. The van der Waals surface area contributed by atoms with E-state index in [-0.39, 0.29) is 0 Å². The summed E-state index contributed by atoms with van der Waals surface area (Å²) in [5.74, 6) is 1.10. The summed E-state index contributed by atoms with van der Waals surface area (Å²) in [6.45, 7) is 1.12. The van der Waals surface area contributed by atoms with E-state index in [9.17, 15) is 0 Å². The van der Waals surface area contributed by atoms with Gasteiger partial charge in [-0.25, -0.2) is 4.98 Å². The van der Waals surface area contributed by atoms with Crippen molar-refractivity contribution in [2.24, 2.45) is 7.05 Å². The highest BCUT2D eigenvalue weighted by Crippen LogP contribution is 2.19. The molecule has 1 unspecified atom stereocenters. The Kier molecular flexibility index (Phi) is 2.77. The van der Waals surface area contributed by atoms with Crippen LogP contribution in [0.1, 0.15) is 24.2 Å². The third-order valence-electron chi connectivity index (χ3n) is 3.69. The number of nitriles is 1. The van der Waals surface area contributed by atoms with E-state index in [0.29, 0.717) is 11.6 Å². The molecule has 0 saturated carbocycles. The monoisotopic (exact) mass is 240 g/mol. The first-order valence-corrected chi connectivity index (χ1v) is 6.37. The van der Waals surface area contributed by atoms with Gasteiger partial charge in [-0.3, -0.25) is 0 Å². The fraction of sp³-hybridized carbons (Fsp3) is 0.429. The quantitative estimate of drug-likeness (QED) is 0.870. The van der Waals surface area contributed by atoms with E-state index in [0.717, 1.165) is 29.8 Å². The maximum Gasteiger partial charge on any atom is 0.111 e. The summed E-state index contributed by atoms with van der Waals surface area (Å²) >= 11 is 0. The van der Waals surface area contributed by atoms with Crippen molar-refractivity contribution >= 4 is 11.0 Å². The van der Waals surface area contributed by atoms with Crippen LogP contribution in [0, 0.1) is 11.3 Å². The molecular weight excluding hydrogens is 224 g/mol. The Balaban J connectivity index is 1.97. The van der Waals surface area contributed by atoms with Crippen LogP contribution in [0.2, 0.25) is 0 Å². The first kappa shape index (κ1) is 11.2. The van der Waals surface area contributed by atoms with E-state index in [1.807, 2.05) is 25.2 Å². The van der Waals surface area contributed by atoms with Gasteiger partial charge in [-0.1, -0.05) is 0 Å². The number of hydrogen-bond donors (Lipinski definition) is 1. The van der Waals surface area contributed by atoms with Gasteiger partial charge in [0.25, 0.3) is 0 Å². The normalized spacial score (nSPS) is 19.2. The van der Waals surface area contributed by atoms with Gasteiger partial charge in [0.1, 0.15) is 5.82 Å². The van der Waals surface area contributed by atoms with Gasteiger partial charge in [0.2, 0.25) is 0 Å². The fourth-order valence-electron chi connectivity index (χ4n) is 2.65. The summed E-state index contributed by atoms with van der Waals surface area (Å²) in [5.41, 5.74) is 2.69. The lowest BCUT2D eigenvalue weighted by Gasteiger charge is -2.09. The number of imidazole rings is 1. The van der Waals surface area contributed by atoms with Crippen LogP contribution in [0.4, 0.5) is 0 Å². The Hall–Kier alpha value is -1.86. The van der Waals surface area contributed by atoms with Crippen LogP contribution in [0.3, 0.4) is 0 Å². The lowest BCUT2D eigenvalue weighted by atomic mass is 10.1. The Morgan fingerprint density at radius 2 is 2.44 bits per heavy atom. The van der Waals surface area contributed by atoms with Crippen molar-refractivity contribution in [3.8, 4) is 6.07 Å². The molecule has 0 radical (unpaired) electrons. The molecule has 1 aromatic carbocycles. The second-order valence-electron chi connectivity index (χ2n) is 4.90. The van der Waals surface area contributed by atoms with Crippen LogP contribution in [-0.2, 0) is 13.5 Å². The highest BCUT2D eigenvalue weighted by Gasteiger charge is 2.17. The molecule has 3 rings (SSSR count). The van der Waals surface area contributed by atoms with Gasteiger partial charge in [-0.05, 0) is 37.6 Å². The van der Waals surface area contributed by atoms with Gasteiger partial charge in [-0.15, -0.1) is 0 Å². The lowest BCUT2D eigenvalue weighted by Crippen LogP contribution is -2.25. The van der Waals surface area contributed by atoms with Crippen LogP contribution >= 0.6 is 0 Å². The molecule has 1 aliphatic rings. The number of fused-ring (bicyclic) bond motifs is 1. The minimum Gasteiger partial charge on any atom is -0.331 e. The molecule has 1 aromatic heterocycles. The average molecular weight is 240 g/mol. The fourth-order valence-corrected chi connectivity index (χ4v) is 2.65. The first-order valence-electron chi connectivity index (χ1n) is 6.37. The van der Waals surface area contributed by atoms with E-state index in [4.69, 9.17) is 5.26 Å². The molecule has 2 aromatic rings. The molecule has 2 heterocycles. The molecule has 92 valence electrons. The molecule has 1 saturated heterocycles. The summed E-state index contributed by atoms with van der Waals surface area (Å²) in [4.78, 5) is 4.66. The van der Waals surface area contributed by atoms with Crippen molar-refractivity contribution in [2.45, 2.75) is 25.3 Å². The summed E-state index contributed by atoms with van der Waals surface area (Å²) in [7, 11) is 2.05. The van der Waals surface area contributed by atoms with Gasteiger partial charge >= 0.3 is 0 Å². The maximum absolute atomic E-state index is 8.91. The zero-order valence-electron chi connectivity index (χ0n) is 10.5. The topological polar surface area (TPSA) is 53.6 Å². The summed E-state index contributed by atoms with van der Waals surface area (Å²) in [5, 5.41) is 12.4. The van der Waals surface area contributed by atoms with E-state index >= 15 is 0 Å². The number of nitrogens with one attached hydrogen (secondary N) is 1. The van der Waals surface area contributed by atoms with E-state index in [1.54, 1.807) is 0 Å². The molecule has 1 fully saturated rings. The number of hydrogen-bond acceptors (Lipinski definition) is 3. The van der Waals surface area contributed by atoms with Gasteiger partial charge in [0.15, 0.2) is 0 Å². The predicted octanol–water partition coefficient (Wildman–Crippen LogP) is 1.74. The summed E-state index contributed by atoms with van der Waals surface area (Å²) in [6, 6.07) is 8.40. The Labute approximate surface area is 106 Å². The van der Waals surface area contributed by atoms with Crippen molar-refractivity contribution in [1.29, 1.82) is 5.26 Å². The number of benzene rings is 1. The Morgan fingerprint density at radius 3 is 3.17 bits per heavy atom. The van der Waals surface area contributed by atoms with Crippen LogP contribution in [-0.4, -0.2) is 22.1 Å². The van der Waals surface area contributed by atoms with Crippen molar-refractivity contribution < 1.29 is 0 Å². The second kappa shape index (κ2) is 4.43. The van der Waals surface area contributed by atoms with Crippen LogP contribution in [0.25, 0.3) is 11.0 Å². The minimum absolute atomic E-state index is 0.552. The van der Waals surface area contributed by atoms with Crippen LogP contribution in [0.5, 0.6) is 0 Å². The molecule has 4 nitrogen and oxygen atoms in total. The van der Waals surface area contributed by atoms with E-state index in [1.165, 1.54) is 12.8 Å². The van der Waals surface area contributed by atoms with Crippen molar-refractivity contribution in [1.82, 2.24) is 14.9 Å². The zero-order valence-corrected chi connectivity index (χ0v) is 10.5. The molecule has 1 N–H and O–H groups in total. The minimum atomic E-state index is 0.552. The number of nitrogens with zero attached hydrogens (tertiary/aromatic N) is 3. The molecular formula is C14H16N4. The largest absolute Gasteiger partial charge is 0.331 e. The molecule has 0 bridgehead atoms. The number of aromatic nitrogens is 2. The van der Waals surface area contributed by atoms with Crippen LogP contribution < -0.4 is 5.32 Å². The van der Waals surface area contributed by atoms with Gasteiger partial charge < -0.3 is 9.88 Å². The smallest absolute Gasteiger partial charge is 0.111 e. The second-order valence-corrected chi connectivity index (χ2v) is 4.90. The van der Waals surface area contributed by atoms with Crippen LogP contribution in [0.15, 0.2) is 18.2 Å². The van der Waals surface area contributed by atoms with Gasteiger partial charge in [0.05, 0.1) is 22.7 Å². The molecule has 1 aliphatic heterocycles. The van der Waals surface area contributed by atoms with Gasteiger partial charge in [-0.2, -0.15) is 5.26 Å². The molecule has 4 heteroatoms. The van der Waals surface area contributed by atoms with Crippen molar-refractivity contribution in [3.05, 3.63) is 29.6 Å². The van der Waals surface area contributed by atoms with Crippen molar-refractivity contribution in [2.75, 3.05) is 6.54 Å². The van der Waals surface area contributed by atoms with E-state index in [2.05, 4.69) is 20.9 Å². The standard InChI is InChI=1S/C14H16N4/c1-18-13-5-4-10(9-15)7-12(13)17-14(18)8-11-3-2-6-16-11/h4-5,7,11,16H,2-3,6,8H2,1H3. The molecule has 0 spiro atoms. The first-order chi connectivity index (χ1) is 8.78. The molecule has 1 atom stereocenters. The number of aryl methyl sites for hydroxylation is 1. The third kappa shape index (κ3) is 1.87. The van der Waals surface area contributed by atoms with Crippen molar-refractivity contribution in [3.63, 3.8) is 0 Å². The summed E-state index contributed by atoms with van der Waals surface area (Å²) in [6.07, 6.45) is 3.45. The average Bonchev–Trinajstić information content (AvgIpc) is 2.99. The third-order valence-corrected chi connectivity index (χ3v) is 3.69. The SMILES string of the molecule is Cn1c(CC2CCCN2)nc2cc(C#N)ccc21. The van der Waals surface area contributed by atoms with E-state index < -0.39 is 0 Å². The zero-order chi connectivity index (χ0) is 12.5. The Morgan fingerprint density at radius 1 is 1.56 bits per heavy atom. The van der Waals surface area contributed by atoms with Gasteiger partial charge in [0, 0.05) is 19.5 Å². The molecule has 18 heavy (non-hydrogen) atoms. The highest BCUT2D eigenvalue weighted by molar-refractivity contribution is 5.77.